The van der Waals surface area contributed by atoms with Gasteiger partial charge in [-0.1, -0.05) is 52.0 Å². The van der Waals surface area contributed by atoms with Crippen molar-refractivity contribution in [3.63, 3.8) is 0 Å². The Labute approximate surface area is 161 Å². The van der Waals surface area contributed by atoms with Gasteiger partial charge in [0.05, 0.1) is 12.1 Å². The molecule has 1 fully saturated rings. The monoisotopic (exact) mass is 370 g/mol. The topological polar surface area (TPSA) is 75.9 Å². The molecule has 1 amide bonds. The summed E-state index contributed by atoms with van der Waals surface area (Å²) in [5, 5.41) is 14.6. The zero-order valence-electron chi connectivity index (χ0n) is 16.7. The highest BCUT2D eigenvalue weighted by molar-refractivity contribution is 5.82. The van der Waals surface area contributed by atoms with Gasteiger partial charge in [0.25, 0.3) is 0 Å². The van der Waals surface area contributed by atoms with Gasteiger partial charge >= 0.3 is 0 Å². The third kappa shape index (κ3) is 4.91. The Morgan fingerprint density at radius 1 is 1.22 bits per heavy atom. The average molecular weight is 371 g/mol. The number of likely N-dealkylation sites (tertiary alicyclic amines) is 1. The maximum atomic E-state index is 12.8. The molecular formula is C20H30N6O. The zero-order chi connectivity index (χ0) is 19.4. The molecule has 1 aromatic carbocycles. The van der Waals surface area contributed by atoms with Crippen LogP contribution in [0.1, 0.15) is 57.2 Å². The van der Waals surface area contributed by atoms with Crippen molar-refractivity contribution in [2.75, 3.05) is 13.1 Å². The van der Waals surface area contributed by atoms with E-state index in [1.807, 2.05) is 0 Å². The predicted octanol–water partition coefficient (Wildman–Crippen LogP) is 2.38. The Kier molecular flexibility index (Phi) is 6.21. The number of nitrogens with zero attached hydrogens (tertiary/aromatic N) is 5. The molecule has 0 bridgehead atoms. The van der Waals surface area contributed by atoms with Crippen LogP contribution in [-0.4, -0.2) is 50.1 Å². The molecule has 0 saturated carbocycles. The Morgan fingerprint density at radius 3 is 2.56 bits per heavy atom. The van der Waals surface area contributed by atoms with E-state index in [0.29, 0.717) is 18.4 Å². The van der Waals surface area contributed by atoms with Crippen LogP contribution in [0.15, 0.2) is 30.6 Å². The van der Waals surface area contributed by atoms with E-state index in [2.05, 4.69) is 77.7 Å². The molecule has 1 aliphatic rings. The maximum Gasteiger partial charge on any atom is 0.237 e. The van der Waals surface area contributed by atoms with E-state index in [9.17, 15) is 4.79 Å². The van der Waals surface area contributed by atoms with Crippen LogP contribution in [0.3, 0.4) is 0 Å². The fourth-order valence-corrected chi connectivity index (χ4v) is 3.52. The lowest BCUT2D eigenvalue weighted by Gasteiger charge is -2.24. The van der Waals surface area contributed by atoms with Crippen molar-refractivity contribution in [2.45, 2.75) is 58.7 Å². The summed E-state index contributed by atoms with van der Waals surface area (Å²) in [4.78, 5) is 15.0. The Hall–Kier alpha value is -2.28. The lowest BCUT2D eigenvalue weighted by Crippen LogP contribution is -2.43. The van der Waals surface area contributed by atoms with Crippen LogP contribution in [0.5, 0.6) is 0 Å². The molecule has 1 saturated heterocycles. The number of aromatic nitrogens is 4. The quantitative estimate of drug-likeness (QED) is 0.810. The third-order valence-corrected chi connectivity index (χ3v) is 5.14. The minimum atomic E-state index is -0.164. The molecule has 2 heterocycles. The van der Waals surface area contributed by atoms with Crippen LogP contribution in [0.25, 0.3) is 0 Å². The fraction of sp³-hybridized carbons (Fsp3) is 0.600. The highest BCUT2D eigenvalue weighted by Crippen LogP contribution is 2.28. The van der Waals surface area contributed by atoms with Gasteiger partial charge in [-0.05, 0) is 39.8 Å². The van der Waals surface area contributed by atoms with Crippen LogP contribution in [0.2, 0.25) is 0 Å². The van der Waals surface area contributed by atoms with E-state index in [4.69, 9.17) is 0 Å². The largest absolute Gasteiger partial charge is 0.354 e. The minimum absolute atomic E-state index is 0.0954. The first-order chi connectivity index (χ1) is 12.9. The van der Waals surface area contributed by atoms with Crippen molar-refractivity contribution in [1.29, 1.82) is 0 Å². The summed E-state index contributed by atoms with van der Waals surface area (Å²) < 4.78 is 1.77. The van der Waals surface area contributed by atoms with Gasteiger partial charge in [0.1, 0.15) is 6.33 Å². The molecule has 0 spiro atoms. The van der Waals surface area contributed by atoms with E-state index < -0.39 is 0 Å². The lowest BCUT2D eigenvalue weighted by molar-refractivity contribution is -0.125. The van der Waals surface area contributed by atoms with E-state index in [-0.39, 0.29) is 18.0 Å². The summed E-state index contributed by atoms with van der Waals surface area (Å²) in [6.07, 6.45) is 2.35. The fourth-order valence-electron chi connectivity index (χ4n) is 3.52. The highest BCUT2D eigenvalue weighted by Gasteiger charge is 2.38. The molecule has 3 rings (SSSR count). The summed E-state index contributed by atoms with van der Waals surface area (Å²) in [6.45, 7) is 10.8. The number of nitrogens with one attached hydrogen (secondary N) is 1. The van der Waals surface area contributed by atoms with E-state index >= 15 is 0 Å². The molecule has 2 aromatic rings. The number of benzene rings is 1. The first-order valence-corrected chi connectivity index (χ1v) is 9.77. The normalized spacial score (nSPS) is 20.5. The van der Waals surface area contributed by atoms with E-state index in [1.54, 1.807) is 11.0 Å². The van der Waals surface area contributed by atoms with Crippen molar-refractivity contribution >= 4 is 5.91 Å². The second-order valence-corrected chi connectivity index (χ2v) is 8.16. The number of hydrogen-bond donors (Lipinski definition) is 1. The Balaban J connectivity index is 1.73. The Morgan fingerprint density at radius 2 is 1.96 bits per heavy atom. The molecule has 0 unspecified atom stereocenters. The first kappa shape index (κ1) is 19.5. The molecule has 2 atom stereocenters. The predicted molar refractivity (Wildman–Crippen MR) is 104 cm³/mol. The second kappa shape index (κ2) is 8.61. The highest BCUT2D eigenvalue weighted by atomic mass is 16.2. The van der Waals surface area contributed by atoms with Gasteiger partial charge in [-0.3, -0.25) is 9.69 Å². The molecule has 27 heavy (non-hydrogen) atoms. The van der Waals surface area contributed by atoms with Crippen molar-refractivity contribution in [3.05, 3.63) is 41.7 Å². The number of rotatable bonds is 7. The van der Waals surface area contributed by atoms with Crippen molar-refractivity contribution in [2.24, 2.45) is 5.92 Å². The van der Waals surface area contributed by atoms with E-state index in [1.165, 1.54) is 11.1 Å². The number of carbonyl (C=O) groups excluding carboxylic acids is 1. The van der Waals surface area contributed by atoms with Crippen LogP contribution >= 0.6 is 0 Å². The molecule has 7 nitrogen and oxygen atoms in total. The summed E-state index contributed by atoms with van der Waals surface area (Å²) in [6, 6.07) is 8.66. The smallest absolute Gasteiger partial charge is 0.237 e. The van der Waals surface area contributed by atoms with Crippen LogP contribution in [-0.2, 0) is 11.3 Å². The molecule has 1 aromatic heterocycles. The number of tetrazole rings is 1. The van der Waals surface area contributed by atoms with Gasteiger partial charge < -0.3 is 5.32 Å². The van der Waals surface area contributed by atoms with Crippen LogP contribution in [0, 0.1) is 5.92 Å². The van der Waals surface area contributed by atoms with Crippen LogP contribution in [0.4, 0.5) is 0 Å². The molecular weight excluding hydrogens is 340 g/mol. The van der Waals surface area contributed by atoms with Crippen LogP contribution < -0.4 is 5.32 Å². The summed E-state index contributed by atoms with van der Waals surface area (Å²) in [5.74, 6) is 1.05. The van der Waals surface area contributed by atoms with Gasteiger partial charge in [-0.25, -0.2) is 4.68 Å². The molecule has 0 aliphatic carbocycles. The molecule has 1 N–H and O–H groups in total. The lowest BCUT2D eigenvalue weighted by atomic mass is 10.0. The maximum absolute atomic E-state index is 12.8. The molecule has 0 radical (unpaired) electrons. The van der Waals surface area contributed by atoms with Crippen molar-refractivity contribution < 1.29 is 4.79 Å². The van der Waals surface area contributed by atoms with Crippen molar-refractivity contribution in [3.8, 4) is 0 Å². The van der Waals surface area contributed by atoms with Gasteiger partial charge in [-0.15, -0.1) is 5.10 Å². The second-order valence-electron chi connectivity index (χ2n) is 8.16. The number of hydrogen-bond acceptors (Lipinski definition) is 5. The van der Waals surface area contributed by atoms with Crippen molar-refractivity contribution in [1.82, 2.24) is 30.4 Å². The van der Waals surface area contributed by atoms with E-state index in [0.717, 1.165) is 19.5 Å². The Bertz CT molecular complexity index is 725. The summed E-state index contributed by atoms with van der Waals surface area (Å²) in [5.41, 5.74) is 2.55. The van der Waals surface area contributed by atoms with Gasteiger partial charge in [-0.2, -0.15) is 0 Å². The van der Waals surface area contributed by atoms with Gasteiger partial charge in [0.2, 0.25) is 5.91 Å². The third-order valence-electron chi connectivity index (χ3n) is 5.14. The summed E-state index contributed by atoms with van der Waals surface area (Å²) in [7, 11) is 0. The number of amides is 1. The SMILES string of the molecule is CC(C)CNC(=O)[C@@H]1C[C@@H](n2cnnn2)CN1Cc1ccc(C(C)C)cc1. The standard InChI is InChI=1S/C20H30N6O/c1-14(2)10-21-20(27)19-9-18(26-13-22-23-24-26)12-25(19)11-16-5-7-17(8-6-16)15(3)4/h5-8,13-15,18-19H,9-12H2,1-4H3,(H,21,27)/t18-,19+/m1/s1. The minimum Gasteiger partial charge on any atom is -0.354 e. The van der Waals surface area contributed by atoms with Gasteiger partial charge in [0.15, 0.2) is 0 Å². The molecule has 7 heteroatoms. The average Bonchev–Trinajstić information content (AvgIpc) is 3.29. The number of carbonyl (C=O) groups is 1. The molecule has 1 aliphatic heterocycles. The molecule has 146 valence electrons. The first-order valence-electron chi connectivity index (χ1n) is 9.77. The zero-order valence-corrected chi connectivity index (χ0v) is 16.7. The van der Waals surface area contributed by atoms with Gasteiger partial charge in [0, 0.05) is 19.6 Å². The summed E-state index contributed by atoms with van der Waals surface area (Å²) >= 11 is 0.